The Kier molecular flexibility index (Phi) is 3.71. The highest BCUT2D eigenvalue weighted by Gasteiger charge is 2.27. The van der Waals surface area contributed by atoms with E-state index in [0.29, 0.717) is 6.42 Å². The molecule has 1 amide bonds. The summed E-state index contributed by atoms with van der Waals surface area (Å²) in [5.74, 6) is 0.290. The summed E-state index contributed by atoms with van der Waals surface area (Å²) in [5, 5.41) is 4.21. The highest BCUT2D eigenvalue weighted by molar-refractivity contribution is 7.10. The van der Waals surface area contributed by atoms with Crippen LogP contribution < -0.4 is 0 Å². The topological polar surface area (TPSA) is 20.3 Å². The number of rotatable bonds is 3. The van der Waals surface area contributed by atoms with Gasteiger partial charge in [-0.1, -0.05) is 6.07 Å². The van der Waals surface area contributed by atoms with E-state index in [1.54, 1.807) is 11.3 Å². The van der Waals surface area contributed by atoms with Crippen LogP contribution in [0.4, 0.5) is 0 Å². The molecule has 0 bridgehead atoms. The van der Waals surface area contributed by atoms with Crippen LogP contribution in [0.25, 0.3) is 0 Å². The second-order valence-electron chi connectivity index (χ2n) is 4.89. The van der Waals surface area contributed by atoms with Crippen LogP contribution in [0.15, 0.2) is 29.0 Å². The molecule has 0 radical (unpaired) electrons. The van der Waals surface area contributed by atoms with Crippen molar-refractivity contribution in [2.24, 2.45) is 0 Å². The molecule has 3 heterocycles. The summed E-state index contributed by atoms with van der Waals surface area (Å²) in [6, 6.07) is 6.56. The van der Waals surface area contributed by atoms with E-state index in [0.717, 1.165) is 19.4 Å². The number of thiophene rings is 2. The molecule has 0 N–H and O–H groups in total. The molecular weight excluding hydrogens is 274 g/mol. The van der Waals surface area contributed by atoms with Gasteiger partial charge in [0.2, 0.25) is 5.91 Å². The maximum absolute atomic E-state index is 12.4. The van der Waals surface area contributed by atoms with E-state index >= 15 is 0 Å². The Labute approximate surface area is 121 Å². The lowest BCUT2D eigenvalue weighted by molar-refractivity contribution is -0.133. The predicted octanol–water partition coefficient (Wildman–Crippen LogP) is 3.89. The van der Waals surface area contributed by atoms with Crippen molar-refractivity contribution in [3.63, 3.8) is 0 Å². The number of nitrogens with zero attached hydrogens (tertiary/aromatic N) is 1. The Balaban J connectivity index is 1.65. The molecule has 1 atom stereocenters. The predicted molar refractivity (Wildman–Crippen MR) is 80.8 cm³/mol. The van der Waals surface area contributed by atoms with Crippen LogP contribution in [-0.4, -0.2) is 17.4 Å². The Morgan fingerprint density at radius 3 is 3.05 bits per heavy atom. The molecular formula is C15H17NOS2. The fourth-order valence-electron chi connectivity index (χ4n) is 2.68. The fourth-order valence-corrected chi connectivity index (χ4v) is 4.35. The van der Waals surface area contributed by atoms with E-state index in [9.17, 15) is 4.79 Å². The standard InChI is InChI=1S/C15H17NOS2/c1-11-13-7-10-19-14(13)6-8-16(11)15(17)5-4-12-3-2-9-18-12/h2-3,7,9-11H,4-6,8H2,1H3. The lowest BCUT2D eigenvalue weighted by Crippen LogP contribution is -2.38. The van der Waals surface area contributed by atoms with Gasteiger partial charge in [-0.2, -0.15) is 0 Å². The van der Waals surface area contributed by atoms with Crippen LogP contribution in [0.5, 0.6) is 0 Å². The van der Waals surface area contributed by atoms with Gasteiger partial charge in [0, 0.05) is 22.7 Å². The molecule has 0 fully saturated rings. The maximum atomic E-state index is 12.4. The molecule has 0 saturated carbocycles. The van der Waals surface area contributed by atoms with Gasteiger partial charge >= 0.3 is 0 Å². The van der Waals surface area contributed by atoms with Gasteiger partial charge in [-0.3, -0.25) is 4.79 Å². The molecule has 1 aliphatic heterocycles. The Bertz CT molecular complexity index is 558. The Morgan fingerprint density at radius 1 is 1.37 bits per heavy atom. The van der Waals surface area contributed by atoms with Gasteiger partial charge in [-0.15, -0.1) is 22.7 Å². The first-order valence-corrected chi connectivity index (χ1v) is 8.40. The second kappa shape index (κ2) is 5.47. The SMILES string of the molecule is CC1c2ccsc2CCN1C(=O)CCc1cccs1. The summed E-state index contributed by atoms with van der Waals surface area (Å²) >= 11 is 3.55. The lowest BCUT2D eigenvalue weighted by atomic mass is 10.0. The summed E-state index contributed by atoms with van der Waals surface area (Å²) in [7, 11) is 0. The molecule has 2 aromatic heterocycles. The minimum Gasteiger partial charge on any atom is -0.336 e. The molecule has 19 heavy (non-hydrogen) atoms. The quantitative estimate of drug-likeness (QED) is 0.840. The van der Waals surface area contributed by atoms with Crippen molar-refractivity contribution in [2.45, 2.75) is 32.2 Å². The largest absolute Gasteiger partial charge is 0.336 e. The Hall–Kier alpha value is -1.13. The van der Waals surface area contributed by atoms with E-state index in [4.69, 9.17) is 0 Å². The van der Waals surface area contributed by atoms with E-state index in [-0.39, 0.29) is 11.9 Å². The zero-order valence-corrected chi connectivity index (χ0v) is 12.6. The lowest BCUT2D eigenvalue weighted by Gasteiger charge is -2.33. The van der Waals surface area contributed by atoms with Gasteiger partial charge in [0.25, 0.3) is 0 Å². The number of amides is 1. The van der Waals surface area contributed by atoms with Gasteiger partial charge in [-0.05, 0) is 48.2 Å². The summed E-state index contributed by atoms with van der Waals surface area (Å²) in [4.78, 5) is 17.2. The zero-order chi connectivity index (χ0) is 13.2. The molecule has 1 aliphatic rings. The second-order valence-corrected chi connectivity index (χ2v) is 6.92. The summed E-state index contributed by atoms with van der Waals surface area (Å²) in [6.45, 7) is 3.02. The first-order valence-electron chi connectivity index (χ1n) is 6.64. The zero-order valence-electron chi connectivity index (χ0n) is 11.0. The van der Waals surface area contributed by atoms with Crippen LogP contribution in [0.1, 0.15) is 34.7 Å². The van der Waals surface area contributed by atoms with Crippen molar-refractivity contribution in [3.8, 4) is 0 Å². The van der Waals surface area contributed by atoms with Crippen molar-refractivity contribution in [1.29, 1.82) is 0 Å². The number of carbonyl (C=O) groups excluding carboxylic acids is 1. The molecule has 0 spiro atoms. The van der Waals surface area contributed by atoms with Gasteiger partial charge in [-0.25, -0.2) is 0 Å². The summed E-state index contributed by atoms with van der Waals surface area (Å²) in [5.41, 5.74) is 1.35. The smallest absolute Gasteiger partial charge is 0.223 e. The average molecular weight is 291 g/mol. The number of hydrogen-bond acceptors (Lipinski definition) is 3. The number of fused-ring (bicyclic) bond motifs is 1. The number of hydrogen-bond donors (Lipinski definition) is 0. The maximum Gasteiger partial charge on any atom is 0.223 e. The third-order valence-electron chi connectivity index (χ3n) is 3.76. The van der Waals surface area contributed by atoms with Crippen LogP contribution in [0.2, 0.25) is 0 Å². The summed E-state index contributed by atoms with van der Waals surface area (Å²) in [6.07, 6.45) is 2.52. The third-order valence-corrected chi connectivity index (χ3v) is 5.70. The van der Waals surface area contributed by atoms with Crippen molar-refractivity contribution in [1.82, 2.24) is 4.90 Å². The van der Waals surface area contributed by atoms with Gasteiger partial charge in [0.05, 0.1) is 6.04 Å². The average Bonchev–Trinajstić information content (AvgIpc) is 3.07. The molecule has 4 heteroatoms. The monoisotopic (exact) mass is 291 g/mol. The number of aryl methyl sites for hydroxylation is 1. The van der Waals surface area contributed by atoms with Crippen LogP contribution >= 0.6 is 22.7 Å². The van der Waals surface area contributed by atoms with Crippen molar-refractivity contribution >= 4 is 28.6 Å². The molecule has 100 valence electrons. The molecule has 3 rings (SSSR count). The molecule has 1 unspecified atom stereocenters. The first kappa shape index (κ1) is 12.9. The third kappa shape index (κ3) is 2.60. The minimum atomic E-state index is 0.242. The highest BCUT2D eigenvalue weighted by Crippen LogP contribution is 2.33. The summed E-state index contributed by atoms with van der Waals surface area (Å²) < 4.78 is 0. The van der Waals surface area contributed by atoms with E-state index in [1.807, 2.05) is 22.3 Å². The molecule has 0 aromatic carbocycles. The van der Waals surface area contributed by atoms with Gasteiger partial charge in [0.1, 0.15) is 0 Å². The van der Waals surface area contributed by atoms with E-state index in [2.05, 4.69) is 29.8 Å². The van der Waals surface area contributed by atoms with Crippen LogP contribution in [-0.2, 0) is 17.6 Å². The molecule has 0 aliphatic carbocycles. The van der Waals surface area contributed by atoms with Gasteiger partial charge in [0.15, 0.2) is 0 Å². The highest BCUT2D eigenvalue weighted by atomic mass is 32.1. The first-order chi connectivity index (χ1) is 9.25. The normalized spacial score (nSPS) is 18.4. The number of carbonyl (C=O) groups is 1. The van der Waals surface area contributed by atoms with Crippen LogP contribution in [0, 0.1) is 0 Å². The van der Waals surface area contributed by atoms with Crippen LogP contribution in [0.3, 0.4) is 0 Å². The van der Waals surface area contributed by atoms with Crippen molar-refractivity contribution < 1.29 is 4.79 Å². The van der Waals surface area contributed by atoms with E-state index in [1.165, 1.54) is 15.3 Å². The van der Waals surface area contributed by atoms with Crippen molar-refractivity contribution in [3.05, 3.63) is 44.3 Å². The van der Waals surface area contributed by atoms with Gasteiger partial charge < -0.3 is 4.90 Å². The fraction of sp³-hybridized carbons (Fsp3) is 0.400. The minimum absolute atomic E-state index is 0.242. The van der Waals surface area contributed by atoms with Crippen molar-refractivity contribution in [2.75, 3.05) is 6.54 Å². The van der Waals surface area contributed by atoms with E-state index < -0.39 is 0 Å². The molecule has 2 nitrogen and oxygen atoms in total. The molecule has 0 saturated heterocycles. The Morgan fingerprint density at radius 2 is 2.26 bits per heavy atom. The molecule has 2 aromatic rings.